The van der Waals surface area contributed by atoms with E-state index in [9.17, 15) is 4.79 Å². The summed E-state index contributed by atoms with van der Waals surface area (Å²) in [5.41, 5.74) is 2.67. The summed E-state index contributed by atoms with van der Waals surface area (Å²) in [7, 11) is 0. The maximum Gasteiger partial charge on any atom is 0.261 e. The van der Waals surface area contributed by atoms with Crippen molar-refractivity contribution in [2.24, 2.45) is 0 Å². The molecule has 20 heavy (non-hydrogen) atoms. The minimum Gasteiger partial charge on any atom is -0.348 e. The number of thiophene rings is 1. The quantitative estimate of drug-likeness (QED) is 0.792. The zero-order valence-corrected chi connectivity index (χ0v) is 13.2. The molecule has 1 aromatic heterocycles. The van der Waals surface area contributed by atoms with Crippen LogP contribution in [0.4, 0.5) is 0 Å². The summed E-state index contributed by atoms with van der Waals surface area (Å²) >= 11 is 1.66. The second kappa shape index (κ2) is 7.60. The lowest BCUT2D eigenvalue weighted by Gasteiger charge is -2.14. The first-order valence-corrected chi connectivity index (χ1v) is 8.34. The molecule has 0 unspecified atom stereocenters. The molecule has 1 aliphatic rings. The second-order valence-electron chi connectivity index (χ2n) is 5.16. The molecule has 0 saturated heterocycles. The van der Waals surface area contributed by atoms with Crippen molar-refractivity contribution in [1.29, 1.82) is 0 Å². The smallest absolute Gasteiger partial charge is 0.261 e. The third kappa shape index (κ3) is 3.93. The van der Waals surface area contributed by atoms with E-state index in [0.29, 0.717) is 6.54 Å². The Kier molecular flexibility index (Phi) is 5.80. The molecule has 1 amide bonds. The zero-order valence-electron chi connectivity index (χ0n) is 12.4. The van der Waals surface area contributed by atoms with E-state index in [1.54, 1.807) is 11.3 Å². The van der Waals surface area contributed by atoms with E-state index in [-0.39, 0.29) is 5.91 Å². The Morgan fingerprint density at radius 3 is 2.95 bits per heavy atom. The van der Waals surface area contributed by atoms with Crippen LogP contribution in [0.3, 0.4) is 0 Å². The first-order chi connectivity index (χ1) is 9.74. The van der Waals surface area contributed by atoms with Crippen molar-refractivity contribution in [1.82, 2.24) is 10.6 Å². The minimum absolute atomic E-state index is 0.0754. The molecule has 1 aliphatic heterocycles. The molecule has 1 aromatic rings. The van der Waals surface area contributed by atoms with Crippen LogP contribution in [0.2, 0.25) is 0 Å². The van der Waals surface area contributed by atoms with Crippen LogP contribution in [0.25, 0.3) is 0 Å². The van der Waals surface area contributed by atoms with Crippen molar-refractivity contribution in [3.8, 4) is 0 Å². The molecule has 0 spiro atoms. The van der Waals surface area contributed by atoms with E-state index in [1.807, 2.05) is 0 Å². The second-order valence-corrected chi connectivity index (χ2v) is 6.30. The van der Waals surface area contributed by atoms with Gasteiger partial charge in [0.2, 0.25) is 0 Å². The number of amides is 1. The molecule has 0 saturated carbocycles. The predicted octanol–water partition coefficient (Wildman–Crippen LogP) is 2.91. The molecule has 2 N–H and O–H groups in total. The molecule has 0 atom stereocenters. The number of rotatable bonds is 6. The van der Waals surface area contributed by atoms with Gasteiger partial charge in [0, 0.05) is 18.0 Å². The molecule has 4 heteroatoms. The highest BCUT2D eigenvalue weighted by Crippen LogP contribution is 2.24. The fourth-order valence-corrected chi connectivity index (χ4v) is 3.70. The summed E-state index contributed by atoms with van der Waals surface area (Å²) in [6.07, 6.45) is 6.44. The molecule has 2 heterocycles. The Hall–Kier alpha value is -1.13. The SMILES string of the molecule is CCCc1sc(C(=O)NCC2=CCNCC2)cc1CC. The highest BCUT2D eigenvalue weighted by atomic mass is 32.1. The van der Waals surface area contributed by atoms with Crippen molar-refractivity contribution in [2.45, 2.75) is 39.5 Å². The van der Waals surface area contributed by atoms with E-state index in [2.05, 4.69) is 36.6 Å². The largest absolute Gasteiger partial charge is 0.348 e. The van der Waals surface area contributed by atoms with Crippen molar-refractivity contribution in [3.63, 3.8) is 0 Å². The maximum absolute atomic E-state index is 12.2. The average Bonchev–Trinajstić information content (AvgIpc) is 2.89. The third-order valence-corrected chi connectivity index (χ3v) is 4.85. The molecule has 3 nitrogen and oxygen atoms in total. The molecule has 0 bridgehead atoms. The first kappa shape index (κ1) is 15.3. The van der Waals surface area contributed by atoms with Gasteiger partial charge in [0.25, 0.3) is 5.91 Å². The van der Waals surface area contributed by atoms with E-state index in [0.717, 1.165) is 43.6 Å². The molecular weight excluding hydrogens is 268 g/mol. The number of nitrogens with one attached hydrogen (secondary N) is 2. The molecule has 0 aliphatic carbocycles. The molecule has 0 fully saturated rings. The highest BCUT2D eigenvalue weighted by Gasteiger charge is 2.13. The van der Waals surface area contributed by atoms with E-state index >= 15 is 0 Å². The number of carbonyl (C=O) groups excluding carboxylic acids is 1. The Bertz CT molecular complexity index is 491. The van der Waals surface area contributed by atoms with Crippen LogP contribution in [0.5, 0.6) is 0 Å². The van der Waals surface area contributed by atoms with E-state index in [4.69, 9.17) is 0 Å². The number of hydrogen-bond acceptors (Lipinski definition) is 3. The Balaban J connectivity index is 1.96. The topological polar surface area (TPSA) is 41.1 Å². The summed E-state index contributed by atoms with van der Waals surface area (Å²) in [4.78, 5) is 14.5. The van der Waals surface area contributed by atoms with Gasteiger partial charge in [0.05, 0.1) is 4.88 Å². The number of aryl methyl sites for hydroxylation is 2. The van der Waals surface area contributed by atoms with Crippen LogP contribution in [-0.4, -0.2) is 25.5 Å². The zero-order chi connectivity index (χ0) is 14.4. The monoisotopic (exact) mass is 292 g/mol. The Morgan fingerprint density at radius 1 is 1.45 bits per heavy atom. The summed E-state index contributed by atoms with van der Waals surface area (Å²) in [5, 5.41) is 6.33. The van der Waals surface area contributed by atoms with Gasteiger partial charge < -0.3 is 10.6 Å². The molecule has 110 valence electrons. The van der Waals surface area contributed by atoms with Crippen LogP contribution in [0, 0.1) is 0 Å². The predicted molar refractivity (Wildman–Crippen MR) is 85.6 cm³/mol. The van der Waals surface area contributed by atoms with Gasteiger partial charge in [-0.05, 0) is 37.4 Å². The highest BCUT2D eigenvalue weighted by molar-refractivity contribution is 7.14. The minimum atomic E-state index is 0.0754. The van der Waals surface area contributed by atoms with E-state index in [1.165, 1.54) is 16.0 Å². The van der Waals surface area contributed by atoms with Crippen LogP contribution in [-0.2, 0) is 12.8 Å². The van der Waals surface area contributed by atoms with Crippen molar-refractivity contribution in [3.05, 3.63) is 33.0 Å². The standard InChI is InChI=1S/C16H24N2OS/c1-3-5-14-13(4-2)10-15(20-14)16(19)18-11-12-6-8-17-9-7-12/h6,10,17H,3-5,7-9,11H2,1-2H3,(H,18,19). The summed E-state index contributed by atoms with van der Waals surface area (Å²) in [5.74, 6) is 0.0754. The Labute approximate surface area is 125 Å². The van der Waals surface area contributed by atoms with Crippen LogP contribution >= 0.6 is 11.3 Å². The van der Waals surface area contributed by atoms with E-state index < -0.39 is 0 Å². The molecule has 2 rings (SSSR count). The fourth-order valence-electron chi connectivity index (χ4n) is 2.43. The van der Waals surface area contributed by atoms with Crippen molar-refractivity contribution < 1.29 is 4.79 Å². The lowest BCUT2D eigenvalue weighted by Crippen LogP contribution is -2.29. The van der Waals surface area contributed by atoms with Gasteiger partial charge in [-0.1, -0.05) is 31.9 Å². The first-order valence-electron chi connectivity index (χ1n) is 7.53. The van der Waals surface area contributed by atoms with Crippen molar-refractivity contribution in [2.75, 3.05) is 19.6 Å². The van der Waals surface area contributed by atoms with Crippen LogP contribution in [0.15, 0.2) is 17.7 Å². The number of carbonyl (C=O) groups is 1. The molecular formula is C16H24N2OS. The van der Waals surface area contributed by atoms with Crippen LogP contribution in [0.1, 0.15) is 46.8 Å². The van der Waals surface area contributed by atoms with Gasteiger partial charge in [0.15, 0.2) is 0 Å². The summed E-state index contributed by atoms with van der Waals surface area (Å²) < 4.78 is 0. The maximum atomic E-state index is 12.2. The van der Waals surface area contributed by atoms with Crippen molar-refractivity contribution >= 4 is 17.2 Å². The van der Waals surface area contributed by atoms with Gasteiger partial charge in [-0.15, -0.1) is 11.3 Å². The summed E-state index contributed by atoms with van der Waals surface area (Å²) in [6, 6.07) is 2.07. The molecule has 0 radical (unpaired) electrons. The van der Waals surface area contributed by atoms with Crippen LogP contribution < -0.4 is 10.6 Å². The average molecular weight is 292 g/mol. The Morgan fingerprint density at radius 2 is 2.30 bits per heavy atom. The third-order valence-electron chi connectivity index (χ3n) is 3.61. The van der Waals surface area contributed by atoms with Gasteiger partial charge in [0.1, 0.15) is 0 Å². The van der Waals surface area contributed by atoms with Gasteiger partial charge in [-0.3, -0.25) is 4.79 Å². The van der Waals surface area contributed by atoms with Gasteiger partial charge in [-0.25, -0.2) is 0 Å². The lowest BCUT2D eigenvalue weighted by atomic mass is 10.1. The molecule has 0 aromatic carbocycles. The fraction of sp³-hybridized carbons (Fsp3) is 0.562. The van der Waals surface area contributed by atoms with Gasteiger partial charge >= 0.3 is 0 Å². The normalized spacial score (nSPS) is 15.0. The van der Waals surface area contributed by atoms with Gasteiger partial charge in [-0.2, -0.15) is 0 Å². The lowest BCUT2D eigenvalue weighted by molar-refractivity contribution is 0.0960. The summed E-state index contributed by atoms with van der Waals surface area (Å²) in [6.45, 7) is 6.96. The number of hydrogen-bond donors (Lipinski definition) is 2.